The number of aliphatic hydroxyl groups is 2. The Hall–Kier alpha value is -1.63. The number of benzene rings is 1. The summed E-state index contributed by atoms with van der Waals surface area (Å²) in [5.41, 5.74) is 5.54. The second kappa shape index (κ2) is 6.34. The van der Waals surface area contributed by atoms with E-state index in [1.165, 1.54) is 25.3 Å². The van der Waals surface area contributed by atoms with Crippen molar-refractivity contribution >= 4 is 5.97 Å². The van der Waals surface area contributed by atoms with Crippen LogP contribution in [-0.4, -0.2) is 41.0 Å². The summed E-state index contributed by atoms with van der Waals surface area (Å²) in [6.45, 7) is 0.236. The van der Waals surface area contributed by atoms with Crippen LogP contribution in [0.5, 0.6) is 5.75 Å². The van der Waals surface area contributed by atoms with Crippen LogP contribution in [0.1, 0.15) is 28.4 Å². The van der Waals surface area contributed by atoms with Crippen molar-refractivity contribution in [2.45, 2.75) is 18.6 Å². The maximum Gasteiger partial charge on any atom is 0.339 e. The van der Waals surface area contributed by atoms with Gasteiger partial charge in [-0.2, -0.15) is 0 Å². The topological polar surface area (TPSA) is 113 Å². The van der Waals surface area contributed by atoms with Gasteiger partial charge in [-0.05, 0) is 30.7 Å². The highest BCUT2D eigenvalue weighted by atomic mass is 16.5. The number of carbonyl (C=O) groups is 1. The van der Waals surface area contributed by atoms with Crippen molar-refractivity contribution < 1.29 is 24.9 Å². The van der Waals surface area contributed by atoms with Crippen LogP contribution >= 0.6 is 0 Å². The lowest BCUT2D eigenvalue weighted by molar-refractivity contribution is 0.0149. The average molecular weight is 255 g/mol. The number of ether oxygens (including phenoxy) is 1. The fraction of sp³-hybridized carbons (Fsp3) is 0.417. The quantitative estimate of drug-likeness (QED) is 0.575. The lowest BCUT2D eigenvalue weighted by Crippen LogP contribution is -2.22. The summed E-state index contributed by atoms with van der Waals surface area (Å²) in [6.07, 6.45) is -1.96. The molecule has 100 valence electrons. The first-order valence-corrected chi connectivity index (χ1v) is 5.48. The molecule has 0 amide bonds. The van der Waals surface area contributed by atoms with Crippen LogP contribution in [0, 0.1) is 0 Å². The number of aromatic carboxylic acids is 1. The first-order valence-electron chi connectivity index (χ1n) is 5.48. The highest BCUT2D eigenvalue weighted by Crippen LogP contribution is 2.25. The van der Waals surface area contributed by atoms with Crippen LogP contribution in [0.25, 0.3) is 0 Å². The molecule has 0 saturated heterocycles. The summed E-state index contributed by atoms with van der Waals surface area (Å²) in [7, 11) is 1.36. The third-order valence-electron chi connectivity index (χ3n) is 2.62. The first kappa shape index (κ1) is 14.4. The van der Waals surface area contributed by atoms with Crippen molar-refractivity contribution in [3.63, 3.8) is 0 Å². The SMILES string of the molecule is COc1ccc(C(O)C(O)CCN)cc1C(=O)O. The predicted octanol–water partition coefficient (Wildman–Crippen LogP) is 0.136. The Bertz CT molecular complexity index is 421. The number of methoxy groups -OCH3 is 1. The Morgan fingerprint density at radius 1 is 1.44 bits per heavy atom. The van der Waals surface area contributed by atoms with Gasteiger partial charge >= 0.3 is 5.97 Å². The van der Waals surface area contributed by atoms with E-state index in [1.807, 2.05) is 0 Å². The molecule has 1 aromatic rings. The van der Waals surface area contributed by atoms with Gasteiger partial charge in [0.05, 0.1) is 13.2 Å². The molecule has 1 aromatic carbocycles. The molecule has 0 aliphatic heterocycles. The molecule has 0 fully saturated rings. The third kappa shape index (κ3) is 3.19. The standard InChI is InChI=1S/C12H17NO5/c1-18-10-3-2-7(6-8(10)12(16)17)11(15)9(14)4-5-13/h2-3,6,9,11,14-15H,4-5,13H2,1H3,(H,16,17). The highest BCUT2D eigenvalue weighted by Gasteiger charge is 2.20. The van der Waals surface area contributed by atoms with Gasteiger partial charge in [0, 0.05) is 0 Å². The Morgan fingerprint density at radius 2 is 2.11 bits per heavy atom. The molecule has 1 rings (SSSR count). The maximum absolute atomic E-state index is 11.0. The predicted molar refractivity (Wildman–Crippen MR) is 64.6 cm³/mol. The number of nitrogens with two attached hydrogens (primary N) is 1. The summed E-state index contributed by atoms with van der Waals surface area (Å²) in [5.74, 6) is -0.957. The van der Waals surface area contributed by atoms with Gasteiger partial charge in [0.1, 0.15) is 17.4 Å². The minimum absolute atomic E-state index is 0.0611. The molecule has 2 unspecified atom stereocenters. The molecule has 0 radical (unpaired) electrons. The maximum atomic E-state index is 11.0. The molecule has 6 nitrogen and oxygen atoms in total. The molecular formula is C12H17NO5. The molecule has 6 heteroatoms. The van der Waals surface area contributed by atoms with Crippen molar-refractivity contribution in [2.24, 2.45) is 5.73 Å². The number of aliphatic hydroxyl groups excluding tert-OH is 2. The van der Waals surface area contributed by atoms with E-state index in [9.17, 15) is 15.0 Å². The van der Waals surface area contributed by atoms with E-state index in [0.29, 0.717) is 5.56 Å². The van der Waals surface area contributed by atoms with Crippen molar-refractivity contribution in [3.8, 4) is 5.75 Å². The van der Waals surface area contributed by atoms with Crippen LogP contribution in [0.2, 0.25) is 0 Å². The number of hydrogen-bond acceptors (Lipinski definition) is 5. The fourth-order valence-electron chi connectivity index (χ4n) is 1.63. The zero-order chi connectivity index (χ0) is 13.7. The number of carboxylic acid groups (broad SMARTS) is 1. The second-order valence-electron chi connectivity index (χ2n) is 3.85. The van der Waals surface area contributed by atoms with Crippen molar-refractivity contribution in [1.29, 1.82) is 0 Å². The van der Waals surface area contributed by atoms with Gasteiger partial charge in [0.2, 0.25) is 0 Å². The lowest BCUT2D eigenvalue weighted by atomic mass is 9.99. The van der Waals surface area contributed by atoms with E-state index >= 15 is 0 Å². The van der Waals surface area contributed by atoms with Gasteiger partial charge in [-0.1, -0.05) is 6.07 Å². The number of rotatable bonds is 6. The van der Waals surface area contributed by atoms with E-state index in [0.717, 1.165) is 0 Å². The largest absolute Gasteiger partial charge is 0.496 e. The van der Waals surface area contributed by atoms with Gasteiger partial charge in [0.25, 0.3) is 0 Å². The molecule has 18 heavy (non-hydrogen) atoms. The Morgan fingerprint density at radius 3 is 2.61 bits per heavy atom. The number of hydrogen-bond donors (Lipinski definition) is 4. The minimum atomic E-state index is -1.17. The van der Waals surface area contributed by atoms with Crippen LogP contribution < -0.4 is 10.5 Å². The lowest BCUT2D eigenvalue weighted by Gasteiger charge is -2.18. The average Bonchev–Trinajstić information content (AvgIpc) is 2.37. The van der Waals surface area contributed by atoms with E-state index in [2.05, 4.69) is 0 Å². The zero-order valence-corrected chi connectivity index (χ0v) is 10.0. The van der Waals surface area contributed by atoms with Crippen molar-refractivity contribution in [1.82, 2.24) is 0 Å². The van der Waals surface area contributed by atoms with E-state index in [4.69, 9.17) is 15.6 Å². The van der Waals surface area contributed by atoms with E-state index in [1.54, 1.807) is 0 Å². The van der Waals surface area contributed by atoms with E-state index < -0.39 is 18.2 Å². The first-order chi connectivity index (χ1) is 8.51. The fourth-order valence-corrected chi connectivity index (χ4v) is 1.63. The third-order valence-corrected chi connectivity index (χ3v) is 2.62. The monoisotopic (exact) mass is 255 g/mol. The molecule has 0 aromatic heterocycles. The molecule has 5 N–H and O–H groups in total. The van der Waals surface area contributed by atoms with Gasteiger partial charge in [-0.15, -0.1) is 0 Å². The normalized spacial score (nSPS) is 14.0. The summed E-state index contributed by atoms with van der Waals surface area (Å²) in [4.78, 5) is 11.0. The van der Waals surface area contributed by atoms with Crippen LogP contribution in [0.15, 0.2) is 18.2 Å². The molecule has 0 spiro atoms. The molecular weight excluding hydrogens is 238 g/mol. The van der Waals surface area contributed by atoms with Gasteiger partial charge < -0.3 is 25.8 Å². The summed E-state index contributed by atoms with van der Waals surface area (Å²) in [5, 5.41) is 28.5. The molecule has 0 aliphatic carbocycles. The van der Waals surface area contributed by atoms with Crippen LogP contribution in [0.3, 0.4) is 0 Å². The Balaban J connectivity index is 3.04. The summed E-state index contributed by atoms with van der Waals surface area (Å²) < 4.78 is 4.90. The molecule has 0 saturated carbocycles. The van der Waals surface area contributed by atoms with Gasteiger partial charge in [0.15, 0.2) is 0 Å². The van der Waals surface area contributed by atoms with Crippen molar-refractivity contribution in [2.75, 3.05) is 13.7 Å². The molecule has 0 bridgehead atoms. The van der Waals surface area contributed by atoms with Crippen molar-refractivity contribution in [3.05, 3.63) is 29.3 Å². The zero-order valence-electron chi connectivity index (χ0n) is 10.0. The van der Waals surface area contributed by atoms with Gasteiger partial charge in [-0.3, -0.25) is 0 Å². The molecule has 0 heterocycles. The summed E-state index contributed by atoms with van der Waals surface area (Å²) in [6, 6.07) is 4.23. The minimum Gasteiger partial charge on any atom is -0.496 e. The molecule has 0 aliphatic rings. The molecule has 2 atom stereocenters. The Labute approximate surface area is 105 Å². The Kier molecular flexibility index (Phi) is 5.08. The number of carboxylic acids is 1. The van der Waals surface area contributed by atoms with E-state index in [-0.39, 0.29) is 24.3 Å². The summed E-state index contributed by atoms with van der Waals surface area (Å²) >= 11 is 0. The highest BCUT2D eigenvalue weighted by molar-refractivity contribution is 5.91. The smallest absolute Gasteiger partial charge is 0.339 e. The second-order valence-corrected chi connectivity index (χ2v) is 3.85. The van der Waals surface area contributed by atoms with Crippen LogP contribution in [-0.2, 0) is 0 Å². The van der Waals surface area contributed by atoms with Gasteiger partial charge in [-0.25, -0.2) is 4.79 Å². The van der Waals surface area contributed by atoms with Crippen LogP contribution in [0.4, 0.5) is 0 Å².